The average Bonchev–Trinajstić information content (AvgIpc) is 2.75. The molecule has 1 atom stereocenters. The van der Waals surface area contributed by atoms with Gasteiger partial charge in [-0.05, 0) is 38.1 Å². The molecule has 104 valence electrons. The average molecular weight is 289 g/mol. The van der Waals surface area contributed by atoms with Gasteiger partial charge in [0.05, 0.1) is 17.6 Å². The van der Waals surface area contributed by atoms with Gasteiger partial charge in [-0.3, -0.25) is 15.1 Å². The number of carbonyl (C=O) groups excluding carboxylic acids is 1. The molecule has 5 nitrogen and oxygen atoms in total. The Morgan fingerprint density at radius 1 is 1.40 bits per heavy atom. The first kappa shape index (κ1) is 13.1. The van der Waals surface area contributed by atoms with Gasteiger partial charge >= 0.3 is 0 Å². The molecule has 0 saturated carbocycles. The minimum atomic E-state index is -0.0773. The van der Waals surface area contributed by atoms with E-state index in [0.29, 0.717) is 11.8 Å². The van der Waals surface area contributed by atoms with Crippen LogP contribution >= 0.6 is 11.8 Å². The van der Waals surface area contributed by atoms with E-state index in [-0.39, 0.29) is 11.2 Å². The van der Waals surface area contributed by atoms with Gasteiger partial charge in [-0.15, -0.1) is 5.10 Å². The molecule has 3 rings (SSSR count). The number of thioether (sulfide) groups is 1. The highest BCUT2D eigenvalue weighted by Crippen LogP contribution is 2.30. The summed E-state index contributed by atoms with van der Waals surface area (Å²) >= 11 is 1.46. The van der Waals surface area contributed by atoms with Crippen LogP contribution in [-0.4, -0.2) is 27.8 Å². The largest absolute Gasteiger partial charge is 0.494 e. The third-order valence-electron chi connectivity index (χ3n) is 3.08. The lowest BCUT2D eigenvalue weighted by Crippen LogP contribution is -2.31. The molecule has 0 spiro atoms. The van der Waals surface area contributed by atoms with E-state index in [0.717, 1.165) is 17.0 Å². The molecular formula is C14H15N3O2S. The van der Waals surface area contributed by atoms with Crippen LogP contribution in [0.5, 0.6) is 5.75 Å². The van der Waals surface area contributed by atoms with Gasteiger partial charge in [0.2, 0.25) is 5.91 Å². The number of benzene rings is 1. The van der Waals surface area contributed by atoms with Gasteiger partial charge in [0, 0.05) is 11.8 Å². The zero-order chi connectivity index (χ0) is 14.1. The van der Waals surface area contributed by atoms with Crippen molar-refractivity contribution in [2.45, 2.75) is 19.1 Å². The van der Waals surface area contributed by atoms with Crippen LogP contribution in [0, 0.1) is 0 Å². The molecule has 2 aliphatic heterocycles. The molecule has 0 aromatic heterocycles. The maximum atomic E-state index is 12.0. The lowest BCUT2D eigenvalue weighted by Gasteiger charge is -2.19. The summed E-state index contributed by atoms with van der Waals surface area (Å²) in [6.45, 7) is 4.48. The van der Waals surface area contributed by atoms with E-state index in [1.54, 1.807) is 11.1 Å². The van der Waals surface area contributed by atoms with E-state index < -0.39 is 0 Å². The zero-order valence-electron chi connectivity index (χ0n) is 11.3. The summed E-state index contributed by atoms with van der Waals surface area (Å²) < 4.78 is 5.41. The zero-order valence-corrected chi connectivity index (χ0v) is 12.1. The highest BCUT2D eigenvalue weighted by molar-refractivity contribution is 8.15. The van der Waals surface area contributed by atoms with E-state index in [9.17, 15) is 4.79 Å². The third-order valence-corrected chi connectivity index (χ3v) is 4.13. The molecule has 0 aliphatic carbocycles. The van der Waals surface area contributed by atoms with Crippen molar-refractivity contribution in [2.75, 3.05) is 6.61 Å². The minimum Gasteiger partial charge on any atom is -0.494 e. The monoisotopic (exact) mass is 289 g/mol. The molecule has 2 heterocycles. The number of rotatable bonds is 3. The molecule has 1 aromatic rings. The predicted molar refractivity (Wildman–Crippen MR) is 80.1 cm³/mol. The third kappa shape index (κ3) is 2.27. The number of carbonyl (C=O) groups is 1. The summed E-state index contributed by atoms with van der Waals surface area (Å²) in [5.41, 5.74) is 4.76. The van der Waals surface area contributed by atoms with Crippen LogP contribution in [0.15, 0.2) is 35.6 Å². The van der Waals surface area contributed by atoms with Crippen molar-refractivity contribution in [1.29, 1.82) is 0 Å². The number of ether oxygens (including phenoxy) is 1. The van der Waals surface area contributed by atoms with Crippen LogP contribution in [0.1, 0.15) is 19.4 Å². The molecule has 1 saturated heterocycles. The van der Waals surface area contributed by atoms with Gasteiger partial charge in [0.15, 0.2) is 5.17 Å². The van der Waals surface area contributed by atoms with E-state index in [2.05, 4.69) is 10.5 Å². The normalized spacial score (nSPS) is 21.0. The standard InChI is InChI=1S/C14H15N3O2S/c1-3-19-11-6-4-10(5-7-11)12-8-17-13(18)9(2)20-14(17)16-15-12/h4-9,15H,3H2,1-2H3/t9-/m1/s1. The SMILES string of the molecule is CCOc1ccc(C2=CN3C(=O)[C@@H](C)SC3=NN2)cc1. The lowest BCUT2D eigenvalue weighted by atomic mass is 10.1. The molecule has 6 heteroatoms. The molecule has 1 N–H and O–H groups in total. The van der Waals surface area contributed by atoms with Crippen LogP contribution in [0.4, 0.5) is 0 Å². The first-order chi connectivity index (χ1) is 9.69. The van der Waals surface area contributed by atoms with E-state index in [1.807, 2.05) is 38.1 Å². The molecule has 0 radical (unpaired) electrons. The fraction of sp³-hybridized carbons (Fsp3) is 0.286. The summed E-state index contributed by atoms with van der Waals surface area (Å²) in [5, 5.41) is 4.87. The lowest BCUT2D eigenvalue weighted by molar-refractivity contribution is -0.124. The molecule has 1 amide bonds. The Balaban J connectivity index is 1.83. The van der Waals surface area contributed by atoms with Crippen molar-refractivity contribution in [3.05, 3.63) is 36.0 Å². The van der Waals surface area contributed by atoms with Crippen molar-refractivity contribution in [2.24, 2.45) is 5.10 Å². The van der Waals surface area contributed by atoms with Gasteiger partial charge in [0.1, 0.15) is 5.75 Å². The maximum Gasteiger partial charge on any atom is 0.246 e. The van der Waals surface area contributed by atoms with Crippen LogP contribution < -0.4 is 10.2 Å². The van der Waals surface area contributed by atoms with Gasteiger partial charge < -0.3 is 4.74 Å². The molecule has 20 heavy (non-hydrogen) atoms. The van der Waals surface area contributed by atoms with Gasteiger partial charge in [-0.2, -0.15) is 0 Å². The number of hydrogen-bond donors (Lipinski definition) is 1. The molecule has 1 fully saturated rings. The highest BCUT2D eigenvalue weighted by atomic mass is 32.2. The number of fused-ring (bicyclic) bond motifs is 1. The smallest absolute Gasteiger partial charge is 0.246 e. The molecule has 0 bridgehead atoms. The second-order valence-electron chi connectivity index (χ2n) is 4.47. The summed E-state index contributed by atoms with van der Waals surface area (Å²) in [6, 6.07) is 7.70. The Bertz CT molecular complexity index is 595. The number of amidine groups is 1. The first-order valence-electron chi connectivity index (χ1n) is 6.47. The summed E-state index contributed by atoms with van der Waals surface area (Å²) in [7, 11) is 0. The van der Waals surface area contributed by atoms with Crippen molar-refractivity contribution < 1.29 is 9.53 Å². The minimum absolute atomic E-state index is 0.0682. The van der Waals surface area contributed by atoms with Crippen molar-refractivity contribution in [3.63, 3.8) is 0 Å². The quantitative estimate of drug-likeness (QED) is 0.927. The fourth-order valence-corrected chi connectivity index (χ4v) is 2.94. The van der Waals surface area contributed by atoms with Crippen molar-refractivity contribution in [3.8, 4) is 5.75 Å². The number of amides is 1. The molecule has 2 aliphatic rings. The van der Waals surface area contributed by atoms with Crippen LogP contribution in [0.3, 0.4) is 0 Å². The molecular weight excluding hydrogens is 274 g/mol. The molecule has 1 aromatic carbocycles. The highest BCUT2D eigenvalue weighted by Gasteiger charge is 2.36. The van der Waals surface area contributed by atoms with E-state index in [4.69, 9.17) is 4.74 Å². The first-order valence-corrected chi connectivity index (χ1v) is 7.35. The van der Waals surface area contributed by atoms with Crippen molar-refractivity contribution in [1.82, 2.24) is 10.3 Å². The summed E-state index contributed by atoms with van der Waals surface area (Å²) in [4.78, 5) is 13.6. The van der Waals surface area contributed by atoms with Gasteiger partial charge in [-0.1, -0.05) is 11.8 Å². The maximum absolute atomic E-state index is 12.0. The number of hydrogen-bond acceptors (Lipinski definition) is 5. The topological polar surface area (TPSA) is 53.9 Å². The van der Waals surface area contributed by atoms with Crippen LogP contribution in [0.2, 0.25) is 0 Å². The van der Waals surface area contributed by atoms with E-state index >= 15 is 0 Å². The van der Waals surface area contributed by atoms with Gasteiger partial charge in [0.25, 0.3) is 0 Å². The Morgan fingerprint density at radius 3 is 2.85 bits per heavy atom. The Morgan fingerprint density at radius 2 is 2.15 bits per heavy atom. The van der Waals surface area contributed by atoms with E-state index in [1.165, 1.54) is 11.8 Å². The Hall–Kier alpha value is -1.95. The summed E-state index contributed by atoms with van der Waals surface area (Å²) in [5.74, 6) is 0.900. The Kier molecular flexibility index (Phi) is 3.40. The Labute approximate surface area is 121 Å². The second kappa shape index (κ2) is 5.20. The fourth-order valence-electron chi connectivity index (χ4n) is 2.06. The van der Waals surface area contributed by atoms with Crippen LogP contribution in [-0.2, 0) is 4.79 Å². The predicted octanol–water partition coefficient (Wildman–Crippen LogP) is 2.22. The number of nitrogens with zero attached hydrogens (tertiary/aromatic N) is 2. The van der Waals surface area contributed by atoms with Gasteiger partial charge in [-0.25, -0.2) is 0 Å². The number of nitrogens with one attached hydrogen (secondary N) is 1. The van der Waals surface area contributed by atoms with Crippen LogP contribution in [0.25, 0.3) is 5.70 Å². The molecule has 0 unspecified atom stereocenters. The summed E-state index contributed by atoms with van der Waals surface area (Å²) in [6.07, 6.45) is 1.80. The van der Waals surface area contributed by atoms with Crippen molar-refractivity contribution >= 4 is 28.5 Å². The number of hydrazone groups is 1. The second-order valence-corrected chi connectivity index (χ2v) is 5.78.